The highest BCUT2D eigenvalue weighted by Crippen LogP contribution is 2.60. The normalized spacial score (nSPS) is 50.1. The molecule has 0 nitrogen and oxygen atoms in total. The molecule has 2 aliphatic rings. The van der Waals surface area contributed by atoms with Crippen molar-refractivity contribution in [2.75, 3.05) is 0 Å². The Morgan fingerprint density at radius 1 is 1.20 bits per heavy atom. The molecular formula is C10H18. The van der Waals surface area contributed by atoms with Gasteiger partial charge in [0.2, 0.25) is 0 Å². The summed E-state index contributed by atoms with van der Waals surface area (Å²) in [6.07, 6.45) is 4.54. The van der Waals surface area contributed by atoms with E-state index in [0.29, 0.717) is 5.41 Å². The third-order valence-corrected chi connectivity index (χ3v) is 3.72. The van der Waals surface area contributed by atoms with Crippen LogP contribution in [0.3, 0.4) is 0 Å². The Morgan fingerprint density at radius 2 is 1.90 bits per heavy atom. The number of hydrogen-bond donors (Lipinski definition) is 0. The summed E-state index contributed by atoms with van der Waals surface area (Å²) in [5.41, 5.74) is 0.704. The van der Waals surface area contributed by atoms with Gasteiger partial charge in [-0.1, -0.05) is 20.8 Å². The maximum absolute atomic E-state index is 2.44. The van der Waals surface area contributed by atoms with Crippen LogP contribution in [0, 0.1) is 23.2 Å². The van der Waals surface area contributed by atoms with Gasteiger partial charge in [-0.2, -0.15) is 0 Å². The minimum atomic E-state index is 0.704. The van der Waals surface area contributed by atoms with Crippen molar-refractivity contribution in [3.8, 4) is 0 Å². The lowest BCUT2D eigenvalue weighted by Crippen LogP contribution is -2.40. The van der Waals surface area contributed by atoms with E-state index in [1.54, 1.807) is 0 Å². The Balaban J connectivity index is 2.06. The summed E-state index contributed by atoms with van der Waals surface area (Å²) in [7, 11) is 0. The standard InChI is InChI=1S/C10H18/c1-7-4-8-6-10(2,3)9(8)5-7/h7-9H,4-6H2,1-3H3. The molecule has 58 valence electrons. The molecule has 0 spiro atoms. The predicted octanol–water partition coefficient (Wildman–Crippen LogP) is 3.08. The fraction of sp³-hybridized carbons (Fsp3) is 1.00. The molecule has 2 rings (SSSR count). The van der Waals surface area contributed by atoms with Crippen LogP contribution < -0.4 is 0 Å². The van der Waals surface area contributed by atoms with E-state index in [4.69, 9.17) is 0 Å². The minimum absolute atomic E-state index is 0.704. The maximum Gasteiger partial charge on any atom is -0.0320 e. The second-order valence-electron chi connectivity index (χ2n) is 5.14. The topological polar surface area (TPSA) is 0 Å². The van der Waals surface area contributed by atoms with Crippen molar-refractivity contribution in [1.29, 1.82) is 0 Å². The fourth-order valence-electron chi connectivity index (χ4n) is 3.25. The Hall–Kier alpha value is 0. The van der Waals surface area contributed by atoms with E-state index >= 15 is 0 Å². The average Bonchev–Trinajstić information content (AvgIpc) is 2.08. The lowest BCUT2D eigenvalue weighted by Gasteiger charge is -2.48. The molecule has 3 atom stereocenters. The Bertz CT molecular complexity index is 146. The van der Waals surface area contributed by atoms with Crippen LogP contribution in [0.4, 0.5) is 0 Å². The van der Waals surface area contributed by atoms with Crippen molar-refractivity contribution in [1.82, 2.24) is 0 Å². The van der Waals surface area contributed by atoms with Crippen molar-refractivity contribution in [2.45, 2.75) is 40.0 Å². The molecule has 0 heterocycles. The molecule has 2 aliphatic carbocycles. The summed E-state index contributed by atoms with van der Waals surface area (Å²) in [6.45, 7) is 7.28. The summed E-state index contributed by atoms with van der Waals surface area (Å²) < 4.78 is 0. The highest BCUT2D eigenvalue weighted by molar-refractivity contribution is 5.00. The summed E-state index contributed by atoms with van der Waals surface area (Å²) in [6, 6.07) is 0. The molecule has 0 heteroatoms. The van der Waals surface area contributed by atoms with E-state index in [2.05, 4.69) is 20.8 Å². The van der Waals surface area contributed by atoms with Gasteiger partial charge in [0.05, 0.1) is 0 Å². The molecule has 0 amide bonds. The Morgan fingerprint density at radius 3 is 2.30 bits per heavy atom. The number of hydrogen-bond acceptors (Lipinski definition) is 0. The molecule has 0 aliphatic heterocycles. The van der Waals surface area contributed by atoms with Crippen LogP contribution in [0.5, 0.6) is 0 Å². The zero-order valence-electron chi connectivity index (χ0n) is 7.35. The zero-order chi connectivity index (χ0) is 7.35. The first-order valence-corrected chi connectivity index (χ1v) is 4.59. The van der Waals surface area contributed by atoms with E-state index in [-0.39, 0.29) is 0 Å². The summed E-state index contributed by atoms with van der Waals surface area (Å²) in [5.74, 6) is 3.23. The van der Waals surface area contributed by atoms with Crippen molar-refractivity contribution < 1.29 is 0 Å². The second-order valence-corrected chi connectivity index (χ2v) is 5.14. The van der Waals surface area contributed by atoms with Gasteiger partial charge >= 0.3 is 0 Å². The minimum Gasteiger partial charge on any atom is -0.0625 e. The van der Waals surface area contributed by atoms with Crippen molar-refractivity contribution >= 4 is 0 Å². The van der Waals surface area contributed by atoms with Gasteiger partial charge in [0, 0.05) is 0 Å². The second kappa shape index (κ2) is 1.78. The van der Waals surface area contributed by atoms with E-state index in [9.17, 15) is 0 Å². The van der Waals surface area contributed by atoms with Gasteiger partial charge < -0.3 is 0 Å². The molecule has 0 radical (unpaired) electrons. The number of rotatable bonds is 0. The van der Waals surface area contributed by atoms with Gasteiger partial charge in [-0.15, -0.1) is 0 Å². The molecule has 0 aromatic carbocycles. The maximum atomic E-state index is 2.44. The predicted molar refractivity (Wildman–Crippen MR) is 43.8 cm³/mol. The molecule has 0 aromatic rings. The smallest absolute Gasteiger partial charge is 0.0320 e. The molecule has 0 bridgehead atoms. The van der Waals surface area contributed by atoms with Crippen LogP contribution in [-0.2, 0) is 0 Å². The lowest BCUT2D eigenvalue weighted by molar-refractivity contribution is 0.0148. The molecule has 3 unspecified atom stereocenters. The lowest BCUT2D eigenvalue weighted by atomic mass is 9.57. The first-order valence-electron chi connectivity index (χ1n) is 4.59. The molecule has 0 saturated heterocycles. The van der Waals surface area contributed by atoms with Gasteiger partial charge in [0.15, 0.2) is 0 Å². The van der Waals surface area contributed by atoms with Gasteiger partial charge in [0.1, 0.15) is 0 Å². The highest BCUT2D eigenvalue weighted by atomic mass is 14.6. The quantitative estimate of drug-likeness (QED) is 0.482. The third-order valence-electron chi connectivity index (χ3n) is 3.72. The van der Waals surface area contributed by atoms with E-state index in [1.807, 2.05) is 0 Å². The summed E-state index contributed by atoms with van der Waals surface area (Å²) in [4.78, 5) is 0. The molecular weight excluding hydrogens is 120 g/mol. The first-order chi connectivity index (χ1) is 4.59. The Labute approximate surface area is 64.0 Å². The SMILES string of the molecule is CC1CC2CC(C)(C)C2C1. The summed E-state index contributed by atoms with van der Waals surface area (Å²) in [5, 5.41) is 0. The van der Waals surface area contributed by atoms with Crippen LogP contribution in [0.15, 0.2) is 0 Å². The van der Waals surface area contributed by atoms with Crippen LogP contribution >= 0.6 is 0 Å². The van der Waals surface area contributed by atoms with Crippen LogP contribution in [0.1, 0.15) is 40.0 Å². The van der Waals surface area contributed by atoms with Crippen LogP contribution in [-0.4, -0.2) is 0 Å². The van der Waals surface area contributed by atoms with Crippen molar-refractivity contribution in [2.24, 2.45) is 23.2 Å². The summed E-state index contributed by atoms with van der Waals surface area (Å²) >= 11 is 0. The van der Waals surface area contributed by atoms with Gasteiger partial charge in [-0.05, 0) is 42.4 Å². The van der Waals surface area contributed by atoms with E-state index in [1.165, 1.54) is 19.3 Å². The molecule has 0 N–H and O–H groups in total. The van der Waals surface area contributed by atoms with E-state index in [0.717, 1.165) is 17.8 Å². The van der Waals surface area contributed by atoms with Crippen LogP contribution in [0.2, 0.25) is 0 Å². The fourth-order valence-corrected chi connectivity index (χ4v) is 3.25. The largest absolute Gasteiger partial charge is 0.0625 e. The van der Waals surface area contributed by atoms with Crippen LogP contribution in [0.25, 0.3) is 0 Å². The Kier molecular flexibility index (Phi) is 1.19. The van der Waals surface area contributed by atoms with E-state index < -0.39 is 0 Å². The van der Waals surface area contributed by atoms with Crippen molar-refractivity contribution in [3.63, 3.8) is 0 Å². The number of fused-ring (bicyclic) bond motifs is 1. The first kappa shape index (κ1) is 6.69. The van der Waals surface area contributed by atoms with Gasteiger partial charge in [-0.25, -0.2) is 0 Å². The molecule has 0 aromatic heterocycles. The molecule has 10 heavy (non-hydrogen) atoms. The monoisotopic (exact) mass is 138 g/mol. The third kappa shape index (κ3) is 0.741. The molecule has 2 saturated carbocycles. The van der Waals surface area contributed by atoms with Gasteiger partial charge in [-0.3, -0.25) is 0 Å². The van der Waals surface area contributed by atoms with Gasteiger partial charge in [0.25, 0.3) is 0 Å². The zero-order valence-corrected chi connectivity index (χ0v) is 7.35. The highest BCUT2D eigenvalue weighted by Gasteiger charge is 2.50. The molecule has 2 fully saturated rings. The van der Waals surface area contributed by atoms with Crippen molar-refractivity contribution in [3.05, 3.63) is 0 Å². The average molecular weight is 138 g/mol.